The van der Waals surface area contributed by atoms with Gasteiger partial charge in [0, 0.05) is 42.5 Å². The molecular weight excluding hydrogens is 864 g/mol. The Bertz CT molecular complexity index is 2670. The maximum Gasteiger partial charge on any atom is 0.405 e. The van der Waals surface area contributed by atoms with Crippen LogP contribution in [0.1, 0.15) is 64.9 Å². The van der Waals surface area contributed by atoms with E-state index in [2.05, 4.69) is 41.7 Å². The molecule has 1 fully saturated rings. The number of carbonyl (C=O) groups is 7. The Morgan fingerprint density at radius 3 is 2.43 bits per heavy atom. The van der Waals surface area contributed by atoms with Crippen LogP contribution >= 0.6 is 0 Å². The molecule has 7 rings (SSSR count). The summed E-state index contributed by atoms with van der Waals surface area (Å²) in [5.41, 5.74) is 6.41. The van der Waals surface area contributed by atoms with Gasteiger partial charge >= 0.3 is 6.18 Å². The van der Waals surface area contributed by atoms with Crippen LogP contribution in [-0.2, 0) is 19.1 Å². The van der Waals surface area contributed by atoms with Crippen molar-refractivity contribution in [2.45, 2.75) is 25.1 Å². The second-order valence-corrected chi connectivity index (χ2v) is 14.2. The SMILES string of the molecule is NC(=O)c1nn(-c2cccc(C(=O)NCCOCCOCCNc3cccc4c3C(=O)N(C3CCC(=O)NC3=O)C4=O)c2)cc1NC(=O)c1coc(-c2ccnc(NCC(F)(F)F)c2)n1. The number of amides is 7. The molecule has 7 N–H and O–H groups in total. The van der Waals surface area contributed by atoms with Crippen molar-refractivity contribution in [3.63, 3.8) is 0 Å². The molecule has 0 saturated carbocycles. The number of anilines is 3. The van der Waals surface area contributed by atoms with Crippen molar-refractivity contribution < 1.29 is 60.6 Å². The molecule has 2 aliphatic rings. The third-order valence-corrected chi connectivity index (χ3v) is 9.72. The Balaban J connectivity index is 0.838. The van der Waals surface area contributed by atoms with Crippen molar-refractivity contribution in [1.82, 2.24) is 35.3 Å². The number of primary amides is 1. The highest BCUT2D eigenvalue weighted by molar-refractivity contribution is 6.25. The van der Waals surface area contributed by atoms with Crippen LogP contribution in [0.5, 0.6) is 0 Å². The van der Waals surface area contributed by atoms with Gasteiger partial charge in [-0.25, -0.2) is 14.6 Å². The van der Waals surface area contributed by atoms with Gasteiger partial charge in [0.2, 0.25) is 17.7 Å². The highest BCUT2D eigenvalue weighted by Gasteiger charge is 2.45. The molecule has 65 heavy (non-hydrogen) atoms. The number of rotatable bonds is 19. The van der Waals surface area contributed by atoms with E-state index in [0.29, 0.717) is 11.4 Å². The fraction of sp³-hybridized carbons (Fsp3) is 0.268. The van der Waals surface area contributed by atoms with Gasteiger partial charge in [-0.05, 0) is 48.9 Å². The highest BCUT2D eigenvalue weighted by atomic mass is 19.4. The second-order valence-electron chi connectivity index (χ2n) is 14.2. The number of hydrogen-bond acceptors (Lipinski definition) is 15. The average Bonchev–Trinajstić information content (AvgIpc) is 4.01. The molecule has 0 bridgehead atoms. The topological polar surface area (TPSA) is 284 Å². The summed E-state index contributed by atoms with van der Waals surface area (Å²) in [6, 6.07) is 12.6. The lowest BCUT2D eigenvalue weighted by Crippen LogP contribution is -2.54. The number of oxazole rings is 1. The van der Waals surface area contributed by atoms with Crippen molar-refractivity contribution in [2.75, 3.05) is 62.0 Å². The lowest BCUT2D eigenvalue weighted by atomic mass is 10.0. The Morgan fingerprint density at radius 1 is 0.908 bits per heavy atom. The summed E-state index contributed by atoms with van der Waals surface area (Å²) < 4.78 is 55.6. The first-order valence-electron chi connectivity index (χ1n) is 19.7. The summed E-state index contributed by atoms with van der Waals surface area (Å²) in [5.74, 6) is -4.80. The molecule has 24 heteroatoms. The average molecular weight is 902 g/mol. The largest absolute Gasteiger partial charge is 0.444 e. The van der Waals surface area contributed by atoms with E-state index in [1.807, 2.05) is 0 Å². The van der Waals surface area contributed by atoms with E-state index in [4.69, 9.17) is 19.6 Å². The number of halogens is 3. The molecule has 2 aromatic carbocycles. The molecule has 1 atom stereocenters. The van der Waals surface area contributed by atoms with E-state index in [-0.39, 0.29) is 103 Å². The van der Waals surface area contributed by atoms with Crippen LogP contribution in [0.4, 0.5) is 30.4 Å². The van der Waals surface area contributed by atoms with Crippen LogP contribution in [0.3, 0.4) is 0 Å². The molecule has 7 amide bonds. The van der Waals surface area contributed by atoms with Crippen LogP contribution < -0.4 is 32.3 Å². The minimum atomic E-state index is -4.47. The number of fused-ring (bicyclic) bond motifs is 1. The standard InChI is InChI=1S/C41H38F3N11O10/c42-41(43,44)21-49-30-18-23(9-10-47-30)38-51-28(20-65-38)36(59)50-27-19-54(53-33(27)34(45)57)24-4-1-3-22(17-24)35(58)48-12-14-64-16-15-63-13-11-46-26-6-2-5-25-32(26)40(62)55(39(25)61)29-7-8-31(56)52-37(29)60/h1-6,9-10,17-20,29,46H,7-8,11-16,21H2,(H2,45,57)(H,47,49)(H,48,58)(H,50,59)(H,52,56,60). The first kappa shape index (κ1) is 45.0. The van der Waals surface area contributed by atoms with Crippen LogP contribution in [0.2, 0.25) is 0 Å². The van der Waals surface area contributed by atoms with Crippen molar-refractivity contribution in [2.24, 2.45) is 5.73 Å². The van der Waals surface area contributed by atoms with Gasteiger partial charge in [0.1, 0.15) is 24.7 Å². The first-order chi connectivity index (χ1) is 31.2. The lowest BCUT2D eigenvalue weighted by Gasteiger charge is -2.27. The minimum absolute atomic E-state index is 0.0173. The number of nitrogens with zero attached hydrogens (tertiary/aromatic N) is 5. The molecule has 1 saturated heterocycles. The molecule has 0 radical (unpaired) electrons. The van der Waals surface area contributed by atoms with Crippen molar-refractivity contribution in [3.05, 3.63) is 101 Å². The van der Waals surface area contributed by atoms with E-state index in [9.17, 15) is 46.7 Å². The van der Waals surface area contributed by atoms with E-state index in [1.165, 1.54) is 41.3 Å². The predicted molar refractivity (Wildman–Crippen MR) is 220 cm³/mol. The van der Waals surface area contributed by atoms with Gasteiger partial charge in [-0.2, -0.15) is 18.3 Å². The number of nitrogens with two attached hydrogens (primary N) is 1. The Kier molecular flexibility index (Phi) is 13.6. The van der Waals surface area contributed by atoms with Crippen LogP contribution in [0, 0.1) is 0 Å². The van der Waals surface area contributed by atoms with Gasteiger partial charge in [0.25, 0.3) is 29.5 Å². The Hall–Kier alpha value is -7.99. The maximum absolute atomic E-state index is 13.2. The number of ether oxygens (including phenoxy) is 2. The van der Waals surface area contributed by atoms with E-state index in [0.717, 1.165) is 11.2 Å². The van der Waals surface area contributed by atoms with E-state index >= 15 is 0 Å². The fourth-order valence-corrected chi connectivity index (χ4v) is 6.70. The summed E-state index contributed by atoms with van der Waals surface area (Å²) in [6.07, 6.45) is -0.847. The number of alkyl halides is 3. The highest BCUT2D eigenvalue weighted by Crippen LogP contribution is 2.32. The van der Waals surface area contributed by atoms with E-state index in [1.54, 1.807) is 30.3 Å². The van der Waals surface area contributed by atoms with Gasteiger partial charge in [-0.1, -0.05) is 12.1 Å². The number of benzene rings is 2. The number of imide groups is 2. The molecule has 5 aromatic rings. The van der Waals surface area contributed by atoms with Gasteiger partial charge < -0.3 is 40.9 Å². The van der Waals surface area contributed by atoms with Crippen molar-refractivity contribution in [3.8, 4) is 17.1 Å². The number of pyridine rings is 1. The van der Waals surface area contributed by atoms with Gasteiger partial charge in [0.15, 0.2) is 11.4 Å². The molecule has 1 unspecified atom stereocenters. The van der Waals surface area contributed by atoms with Crippen LogP contribution in [0.15, 0.2) is 77.7 Å². The number of hydrogen-bond donors (Lipinski definition) is 6. The summed E-state index contributed by atoms with van der Waals surface area (Å²) in [7, 11) is 0. The normalized spacial score (nSPS) is 14.8. The van der Waals surface area contributed by atoms with Gasteiger partial charge in [-0.15, -0.1) is 0 Å². The molecule has 21 nitrogen and oxygen atoms in total. The maximum atomic E-state index is 13.2. The summed E-state index contributed by atoms with van der Waals surface area (Å²) in [5, 5.41) is 16.8. The third kappa shape index (κ3) is 10.8. The zero-order valence-electron chi connectivity index (χ0n) is 33.9. The summed E-state index contributed by atoms with van der Waals surface area (Å²) in [4.78, 5) is 97.4. The van der Waals surface area contributed by atoms with Gasteiger partial charge in [-0.3, -0.25) is 43.8 Å². The zero-order valence-corrected chi connectivity index (χ0v) is 33.9. The fourth-order valence-electron chi connectivity index (χ4n) is 6.70. The summed E-state index contributed by atoms with van der Waals surface area (Å²) >= 11 is 0. The van der Waals surface area contributed by atoms with E-state index < -0.39 is 60.1 Å². The molecule has 5 heterocycles. The Labute approximate surface area is 365 Å². The van der Waals surface area contributed by atoms with Crippen molar-refractivity contribution in [1.29, 1.82) is 0 Å². The van der Waals surface area contributed by atoms with Crippen LogP contribution in [0.25, 0.3) is 17.1 Å². The molecule has 338 valence electrons. The smallest absolute Gasteiger partial charge is 0.405 e. The Morgan fingerprint density at radius 2 is 1.68 bits per heavy atom. The molecule has 0 spiro atoms. The molecular formula is C41H38F3N11O10. The quantitative estimate of drug-likeness (QED) is 0.0513. The third-order valence-electron chi connectivity index (χ3n) is 9.72. The molecule has 3 aromatic heterocycles. The molecule has 2 aliphatic heterocycles. The number of nitrogens with one attached hydrogen (secondary N) is 5. The number of carbonyl (C=O) groups excluding carboxylic acids is 7. The first-order valence-corrected chi connectivity index (χ1v) is 19.7. The number of aromatic nitrogens is 4. The number of piperidine rings is 1. The van der Waals surface area contributed by atoms with Crippen LogP contribution in [-0.4, -0.2) is 124 Å². The van der Waals surface area contributed by atoms with Crippen molar-refractivity contribution >= 4 is 58.5 Å². The second kappa shape index (κ2) is 19.6. The zero-order chi connectivity index (χ0) is 46.3. The lowest BCUT2D eigenvalue weighted by molar-refractivity contribution is -0.136. The molecule has 0 aliphatic carbocycles. The summed E-state index contributed by atoms with van der Waals surface area (Å²) in [6.45, 7) is -0.0884. The minimum Gasteiger partial charge on any atom is -0.444 e. The monoisotopic (exact) mass is 901 g/mol. The van der Waals surface area contributed by atoms with Gasteiger partial charge in [0.05, 0.1) is 55.1 Å². The predicted octanol–water partition coefficient (Wildman–Crippen LogP) is 2.52.